The van der Waals surface area contributed by atoms with Crippen molar-refractivity contribution in [3.63, 3.8) is 0 Å². The van der Waals surface area contributed by atoms with Crippen LogP contribution in [0, 0.1) is 12.7 Å². The Labute approximate surface area is 315 Å². The molecule has 3 rings (SSSR count). The number of unbranched alkanes of at least 4 members (excludes halogenated alkanes) is 1. The summed E-state index contributed by atoms with van der Waals surface area (Å²) in [6.45, 7) is 30.5. The van der Waals surface area contributed by atoms with Crippen LogP contribution in [0.2, 0.25) is 0 Å². The quantitative estimate of drug-likeness (QED) is 0.172. The monoisotopic (exact) mass is 726 g/mol. The molecule has 1 aromatic carbocycles. The van der Waals surface area contributed by atoms with Gasteiger partial charge < -0.3 is 15.1 Å². The number of benzene rings is 1. The lowest BCUT2D eigenvalue weighted by Crippen LogP contribution is -2.47. The van der Waals surface area contributed by atoms with Gasteiger partial charge >= 0.3 is 0 Å². The molecule has 8 heteroatoms. The minimum absolute atomic E-state index is 0.0980. The van der Waals surface area contributed by atoms with E-state index in [1.165, 1.54) is 36.3 Å². The van der Waals surface area contributed by atoms with Crippen LogP contribution in [0.1, 0.15) is 125 Å². The third-order valence-electron chi connectivity index (χ3n) is 10.5. The molecule has 0 bridgehead atoms. The van der Waals surface area contributed by atoms with Crippen molar-refractivity contribution in [2.45, 2.75) is 139 Å². The number of anilines is 1. The van der Waals surface area contributed by atoms with Gasteiger partial charge in [0.25, 0.3) is 0 Å². The number of allylic oxidation sites excluding steroid dienone is 4. The number of hydrogen-bond donors (Lipinski definition) is 1. The predicted octanol–water partition coefficient (Wildman–Crippen LogP) is 11.5. The maximum absolute atomic E-state index is 15.5. The average molecular weight is 726 g/mol. The molecule has 52 heavy (non-hydrogen) atoms. The van der Waals surface area contributed by atoms with Gasteiger partial charge in [0, 0.05) is 48.7 Å². The van der Waals surface area contributed by atoms with Crippen LogP contribution >= 0.6 is 0 Å². The predicted molar refractivity (Wildman–Crippen MR) is 220 cm³/mol. The van der Waals surface area contributed by atoms with Gasteiger partial charge in [0.2, 0.25) is 0 Å². The number of aliphatic imine (C=N–C) groups is 1. The van der Waals surface area contributed by atoms with Gasteiger partial charge in [-0.25, -0.2) is 18.2 Å². The molecule has 1 fully saturated rings. The van der Waals surface area contributed by atoms with Gasteiger partial charge in [-0.2, -0.15) is 0 Å². The Bertz CT molecular complexity index is 1450. The van der Waals surface area contributed by atoms with Crippen LogP contribution in [-0.4, -0.2) is 73.0 Å². The summed E-state index contributed by atoms with van der Waals surface area (Å²) in [4.78, 5) is 11.2. The number of hydrogen-bond acceptors (Lipinski definition) is 5. The van der Waals surface area contributed by atoms with Crippen LogP contribution in [0.25, 0.3) is 5.57 Å². The third-order valence-corrected chi connectivity index (χ3v) is 10.5. The molecule has 0 spiro atoms. The molecule has 0 saturated carbocycles. The Hall–Kier alpha value is -3.10. The van der Waals surface area contributed by atoms with E-state index in [4.69, 9.17) is 0 Å². The van der Waals surface area contributed by atoms with Gasteiger partial charge in [0.1, 0.15) is 24.1 Å². The van der Waals surface area contributed by atoms with Gasteiger partial charge in [-0.3, -0.25) is 4.90 Å². The molecule has 1 unspecified atom stereocenters. The van der Waals surface area contributed by atoms with E-state index in [1.807, 2.05) is 26.0 Å². The van der Waals surface area contributed by atoms with Crippen molar-refractivity contribution >= 4 is 17.5 Å². The van der Waals surface area contributed by atoms with Crippen molar-refractivity contribution in [3.05, 3.63) is 82.4 Å². The van der Waals surface area contributed by atoms with E-state index in [1.54, 1.807) is 13.8 Å². The largest absolute Gasteiger partial charge is 0.362 e. The first-order valence-electron chi connectivity index (χ1n) is 19.6. The molecule has 5 nitrogen and oxygen atoms in total. The summed E-state index contributed by atoms with van der Waals surface area (Å²) in [7, 11) is 0. The SMILES string of the molecule is C=C(/N=C\C(F)=C(/C)c1cc(F)c(C)c(N(/C(C)=C\C)C(C)C)c1)NC(C)(/C=C\C1=C(C)CCN(C2CCN(CCF)CC2)C1)CCC.CCCC. The zero-order valence-electron chi connectivity index (χ0n) is 34.4. The highest BCUT2D eigenvalue weighted by atomic mass is 19.1. The standard InChI is InChI=1S/C40H60F3N5.C4H10/c1-11-17-40(10,18-13-34-27-47(22-14-29(34)5)36-15-20-46(21-16-36)23-19-41)45-33(9)44-26-38(43)31(7)35-24-37(42)32(8)39(25-35)48(28(3)4)30(6)12-2;1-3-4-2/h12-13,18,24-26,28,36,45H,9,11,14-17,19-23,27H2,1-8,10H3;3-4H2,1-2H3/b18-13-,30-12-,38-31-,44-26-;. The number of piperidine rings is 1. The minimum atomic E-state index is -0.544. The zero-order valence-corrected chi connectivity index (χ0v) is 34.4. The molecule has 2 aliphatic heterocycles. The molecule has 1 N–H and O–H groups in total. The normalized spacial score (nSPS) is 18.5. The van der Waals surface area contributed by atoms with Crippen molar-refractivity contribution in [1.82, 2.24) is 15.1 Å². The summed E-state index contributed by atoms with van der Waals surface area (Å²) in [6.07, 6.45) is 15.2. The second-order valence-electron chi connectivity index (χ2n) is 15.1. The molecule has 0 aliphatic carbocycles. The van der Waals surface area contributed by atoms with Gasteiger partial charge in [-0.05, 0) is 123 Å². The number of likely N-dealkylation sites (tertiary alicyclic amines) is 1. The van der Waals surface area contributed by atoms with Crippen molar-refractivity contribution in [3.8, 4) is 0 Å². The Balaban J connectivity index is 0.00000222. The van der Waals surface area contributed by atoms with Crippen molar-refractivity contribution in [2.75, 3.05) is 44.3 Å². The second kappa shape index (κ2) is 22.2. The van der Waals surface area contributed by atoms with Crippen LogP contribution < -0.4 is 10.2 Å². The van der Waals surface area contributed by atoms with Gasteiger partial charge in [0.15, 0.2) is 0 Å². The number of nitrogens with zero attached hydrogens (tertiary/aromatic N) is 4. The highest BCUT2D eigenvalue weighted by Crippen LogP contribution is 2.33. The number of alkyl halides is 1. The van der Waals surface area contributed by atoms with Gasteiger partial charge in [-0.1, -0.05) is 70.4 Å². The second-order valence-corrected chi connectivity index (χ2v) is 15.1. The van der Waals surface area contributed by atoms with Crippen molar-refractivity contribution < 1.29 is 13.2 Å². The molecule has 1 aromatic rings. The van der Waals surface area contributed by atoms with E-state index in [9.17, 15) is 4.39 Å². The lowest BCUT2D eigenvalue weighted by Gasteiger charge is -2.40. The van der Waals surface area contributed by atoms with Crippen LogP contribution in [0.4, 0.5) is 18.9 Å². The smallest absolute Gasteiger partial charge is 0.145 e. The number of nitrogens with one attached hydrogen (secondary N) is 1. The van der Waals surface area contributed by atoms with Crippen LogP contribution in [0.5, 0.6) is 0 Å². The first kappa shape index (κ1) is 45.1. The van der Waals surface area contributed by atoms with Gasteiger partial charge in [0.05, 0.1) is 11.8 Å². The van der Waals surface area contributed by atoms with Gasteiger partial charge in [-0.15, -0.1) is 0 Å². The molecule has 1 atom stereocenters. The Morgan fingerprint density at radius 2 is 1.75 bits per heavy atom. The lowest BCUT2D eigenvalue weighted by molar-refractivity contribution is 0.109. The number of halogens is 3. The Morgan fingerprint density at radius 1 is 1.10 bits per heavy atom. The first-order valence-corrected chi connectivity index (χ1v) is 19.6. The molecule has 2 heterocycles. The van der Waals surface area contributed by atoms with Crippen LogP contribution in [0.15, 0.2) is 70.4 Å². The van der Waals surface area contributed by atoms with Crippen LogP contribution in [-0.2, 0) is 0 Å². The fourth-order valence-corrected chi connectivity index (χ4v) is 6.91. The topological polar surface area (TPSA) is 34.1 Å². The fraction of sp³-hybridized carbons (Fsp3) is 0.614. The maximum Gasteiger partial charge on any atom is 0.145 e. The van der Waals surface area contributed by atoms with Crippen molar-refractivity contribution in [2.24, 2.45) is 4.99 Å². The summed E-state index contributed by atoms with van der Waals surface area (Å²) < 4.78 is 43.5. The lowest BCUT2D eigenvalue weighted by atomic mass is 9.91. The highest BCUT2D eigenvalue weighted by Gasteiger charge is 2.28. The Morgan fingerprint density at radius 3 is 2.31 bits per heavy atom. The molecular weight excluding hydrogens is 656 g/mol. The summed E-state index contributed by atoms with van der Waals surface area (Å²) in [5.41, 5.74) is 5.34. The first-order chi connectivity index (χ1) is 24.6. The van der Waals surface area contributed by atoms with E-state index < -0.39 is 11.4 Å². The van der Waals surface area contributed by atoms with E-state index in [-0.39, 0.29) is 18.5 Å². The molecular formula is C44H70F3N5. The summed E-state index contributed by atoms with van der Waals surface area (Å²) in [6, 6.07) is 3.87. The fourth-order valence-electron chi connectivity index (χ4n) is 6.91. The molecule has 1 saturated heterocycles. The maximum atomic E-state index is 15.5. The van der Waals surface area contributed by atoms with E-state index in [0.717, 1.165) is 69.7 Å². The number of rotatable bonds is 16. The summed E-state index contributed by atoms with van der Waals surface area (Å²) in [5, 5.41) is 3.43. The zero-order chi connectivity index (χ0) is 39.0. The average Bonchev–Trinajstić information content (AvgIpc) is 3.12. The van der Waals surface area contributed by atoms with E-state index in [2.05, 4.69) is 92.2 Å². The summed E-state index contributed by atoms with van der Waals surface area (Å²) >= 11 is 0. The molecule has 0 radical (unpaired) electrons. The van der Waals surface area contributed by atoms with Crippen LogP contribution in [0.3, 0.4) is 0 Å². The summed E-state index contributed by atoms with van der Waals surface area (Å²) in [5.74, 6) is -0.558. The van der Waals surface area contributed by atoms with E-state index in [0.29, 0.717) is 35.1 Å². The third kappa shape index (κ3) is 13.4. The highest BCUT2D eigenvalue weighted by molar-refractivity contribution is 5.89. The van der Waals surface area contributed by atoms with Crippen molar-refractivity contribution in [1.29, 1.82) is 0 Å². The molecule has 0 aromatic heterocycles. The molecule has 2 aliphatic rings. The minimum Gasteiger partial charge on any atom is -0.362 e. The molecule has 292 valence electrons. The van der Waals surface area contributed by atoms with E-state index >= 15 is 8.78 Å². The Kier molecular flexibility index (Phi) is 19.2. The molecule has 0 amide bonds.